The summed E-state index contributed by atoms with van der Waals surface area (Å²) in [5.41, 5.74) is 5.20. The molecule has 0 radical (unpaired) electrons. The van der Waals surface area contributed by atoms with Crippen molar-refractivity contribution in [3.8, 4) is 0 Å². The van der Waals surface area contributed by atoms with Crippen molar-refractivity contribution in [1.82, 2.24) is 4.98 Å². The van der Waals surface area contributed by atoms with Gasteiger partial charge in [-0.05, 0) is 54.8 Å². The number of nitrogens with one attached hydrogen (secondary N) is 2. The van der Waals surface area contributed by atoms with Gasteiger partial charge in [0.25, 0.3) is 5.91 Å². The molecular weight excluding hydrogens is 346 g/mol. The first-order chi connectivity index (χ1) is 12.5. The maximum absolute atomic E-state index is 12.4. The number of rotatable bonds is 5. The summed E-state index contributed by atoms with van der Waals surface area (Å²) in [5, 5.41) is 6.79. The van der Waals surface area contributed by atoms with Crippen LogP contribution in [0.4, 0.5) is 11.4 Å². The Hall–Kier alpha value is -2.85. The highest BCUT2D eigenvalue weighted by Gasteiger charge is 2.10. The fourth-order valence-electron chi connectivity index (χ4n) is 2.57. The van der Waals surface area contributed by atoms with Gasteiger partial charge in [-0.3, -0.25) is 4.79 Å². The fourth-order valence-corrected chi connectivity index (χ4v) is 2.74. The lowest BCUT2D eigenvalue weighted by molar-refractivity contribution is 0.102. The first-order valence-corrected chi connectivity index (χ1v) is 8.73. The van der Waals surface area contributed by atoms with E-state index in [-0.39, 0.29) is 5.91 Å². The Bertz CT molecular complexity index is 923. The highest BCUT2D eigenvalue weighted by atomic mass is 35.5. The van der Waals surface area contributed by atoms with Crippen molar-refractivity contribution >= 4 is 28.9 Å². The van der Waals surface area contributed by atoms with E-state index in [1.165, 1.54) is 11.1 Å². The molecule has 1 heterocycles. The lowest BCUT2D eigenvalue weighted by Crippen LogP contribution is -2.14. The third kappa shape index (κ3) is 4.21. The van der Waals surface area contributed by atoms with Crippen LogP contribution in [0.2, 0.25) is 5.02 Å². The molecule has 1 amide bonds. The van der Waals surface area contributed by atoms with Crippen LogP contribution in [0.1, 0.15) is 27.2 Å². The van der Waals surface area contributed by atoms with Crippen molar-refractivity contribution in [2.45, 2.75) is 20.4 Å². The highest BCUT2D eigenvalue weighted by Crippen LogP contribution is 2.23. The molecule has 0 spiro atoms. The molecule has 0 unspecified atom stereocenters. The second kappa shape index (κ2) is 8.02. The van der Waals surface area contributed by atoms with Crippen molar-refractivity contribution < 1.29 is 4.79 Å². The minimum atomic E-state index is -0.263. The molecule has 3 rings (SSSR count). The number of aryl methyl sites for hydroxylation is 1. The number of halogens is 1. The second-order valence-corrected chi connectivity index (χ2v) is 6.49. The Morgan fingerprint density at radius 3 is 2.58 bits per heavy atom. The molecular formula is C21H20ClN3O. The van der Waals surface area contributed by atoms with Crippen LogP contribution in [0, 0.1) is 13.8 Å². The monoisotopic (exact) mass is 365 g/mol. The normalized spacial score (nSPS) is 10.4. The van der Waals surface area contributed by atoms with Gasteiger partial charge in [0, 0.05) is 17.3 Å². The summed E-state index contributed by atoms with van der Waals surface area (Å²) in [6.07, 6.45) is 1.66. The van der Waals surface area contributed by atoms with Gasteiger partial charge < -0.3 is 10.6 Å². The summed E-state index contributed by atoms with van der Waals surface area (Å²) >= 11 is 6.09. The van der Waals surface area contributed by atoms with Gasteiger partial charge >= 0.3 is 0 Å². The Labute approximate surface area is 158 Å². The zero-order valence-corrected chi connectivity index (χ0v) is 15.5. The highest BCUT2D eigenvalue weighted by molar-refractivity contribution is 6.31. The number of pyridine rings is 1. The van der Waals surface area contributed by atoms with Crippen molar-refractivity contribution in [1.29, 1.82) is 0 Å². The predicted octanol–water partition coefficient (Wildman–Crippen LogP) is 5.22. The predicted molar refractivity (Wildman–Crippen MR) is 107 cm³/mol. The second-order valence-electron chi connectivity index (χ2n) is 6.08. The van der Waals surface area contributed by atoms with E-state index < -0.39 is 0 Å². The lowest BCUT2D eigenvalue weighted by atomic mass is 10.1. The molecule has 0 aliphatic carbocycles. The maximum Gasteiger partial charge on any atom is 0.274 e. The average molecular weight is 366 g/mol. The summed E-state index contributed by atoms with van der Waals surface area (Å²) in [7, 11) is 0. The quantitative estimate of drug-likeness (QED) is 0.652. The van der Waals surface area contributed by atoms with Crippen molar-refractivity contribution in [3.05, 3.63) is 88.2 Å². The molecule has 0 aliphatic rings. The number of anilines is 2. The van der Waals surface area contributed by atoms with E-state index >= 15 is 0 Å². The van der Waals surface area contributed by atoms with Gasteiger partial charge in [-0.1, -0.05) is 41.9 Å². The van der Waals surface area contributed by atoms with Crippen LogP contribution >= 0.6 is 11.6 Å². The fraction of sp³-hybridized carbons (Fsp3) is 0.143. The number of amides is 1. The minimum Gasteiger partial charge on any atom is -0.380 e. The summed E-state index contributed by atoms with van der Waals surface area (Å²) in [5.74, 6) is -0.263. The standard InChI is InChI=1S/C21H20ClN3O/c1-14-6-3-4-7-16(14)12-23-17-10-11-20(24-13-17)21(26)25-19-9-5-8-18(22)15(19)2/h3-11,13,23H,12H2,1-2H3,(H,25,26). The van der Waals surface area contributed by atoms with Crippen LogP contribution in [-0.4, -0.2) is 10.9 Å². The molecule has 0 saturated heterocycles. The SMILES string of the molecule is Cc1ccccc1CNc1ccc(C(=O)Nc2cccc(Cl)c2C)nc1. The molecule has 26 heavy (non-hydrogen) atoms. The Morgan fingerprint density at radius 2 is 1.85 bits per heavy atom. The van der Waals surface area contributed by atoms with E-state index in [0.717, 1.165) is 11.3 Å². The molecule has 2 aromatic carbocycles. The van der Waals surface area contributed by atoms with E-state index in [2.05, 4.69) is 34.7 Å². The number of carbonyl (C=O) groups is 1. The molecule has 132 valence electrons. The topological polar surface area (TPSA) is 54.0 Å². The van der Waals surface area contributed by atoms with Crippen molar-refractivity contribution in [3.63, 3.8) is 0 Å². The number of benzene rings is 2. The molecule has 0 bridgehead atoms. The number of hydrogen-bond acceptors (Lipinski definition) is 3. The zero-order chi connectivity index (χ0) is 18.5. The van der Waals surface area contributed by atoms with E-state index in [0.29, 0.717) is 22.9 Å². The van der Waals surface area contributed by atoms with Gasteiger partial charge in [0.15, 0.2) is 0 Å². The van der Waals surface area contributed by atoms with Gasteiger partial charge in [0.05, 0.1) is 11.9 Å². The van der Waals surface area contributed by atoms with Crippen LogP contribution in [0.25, 0.3) is 0 Å². The molecule has 0 saturated carbocycles. The van der Waals surface area contributed by atoms with E-state index in [1.807, 2.05) is 31.2 Å². The van der Waals surface area contributed by atoms with Crippen LogP contribution in [0.15, 0.2) is 60.8 Å². The minimum absolute atomic E-state index is 0.263. The van der Waals surface area contributed by atoms with E-state index in [1.54, 1.807) is 24.4 Å². The van der Waals surface area contributed by atoms with Crippen LogP contribution in [0.5, 0.6) is 0 Å². The first-order valence-electron chi connectivity index (χ1n) is 8.35. The average Bonchev–Trinajstić information content (AvgIpc) is 2.65. The maximum atomic E-state index is 12.4. The number of nitrogens with zero attached hydrogens (tertiary/aromatic N) is 1. The molecule has 2 N–H and O–H groups in total. The van der Waals surface area contributed by atoms with E-state index in [9.17, 15) is 4.79 Å². The molecule has 0 atom stereocenters. The lowest BCUT2D eigenvalue weighted by Gasteiger charge is -2.11. The van der Waals surface area contributed by atoms with Crippen molar-refractivity contribution in [2.75, 3.05) is 10.6 Å². The summed E-state index contributed by atoms with van der Waals surface area (Å²) in [6.45, 7) is 4.66. The van der Waals surface area contributed by atoms with Crippen molar-refractivity contribution in [2.24, 2.45) is 0 Å². The number of carbonyl (C=O) groups excluding carboxylic acids is 1. The molecule has 0 aliphatic heterocycles. The third-order valence-electron chi connectivity index (χ3n) is 4.26. The van der Waals surface area contributed by atoms with Crippen LogP contribution in [-0.2, 0) is 6.54 Å². The first kappa shape index (κ1) is 18.0. The van der Waals surface area contributed by atoms with Crippen LogP contribution < -0.4 is 10.6 Å². The Balaban J connectivity index is 1.64. The Morgan fingerprint density at radius 1 is 1.04 bits per heavy atom. The molecule has 1 aromatic heterocycles. The van der Waals surface area contributed by atoms with E-state index in [4.69, 9.17) is 11.6 Å². The summed E-state index contributed by atoms with van der Waals surface area (Å²) in [4.78, 5) is 16.6. The summed E-state index contributed by atoms with van der Waals surface area (Å²) in [6, 6.07) is 17.2. The number of aromatic nitrogens is 1. The molecule has 3 aromatic rings. The zero-order valence-electron chi connectivity index (χ0n) is 14.7. The van der Waals surface area contributed by atoms with Gasteiger partial charge in [0.2, 0.25) is 0 Å². The molecule has 0 fully saturated rings. The van der Waals surface area contributed by atoms with Gasteiger partial charge in [-0.15, -0.1) is 0 Å². The molecule has 4 nitrogen and oxygen atoms in total. The largest absolute Gasteiger partial charge is 0.380 e. The smallest absolute Gasteiger partial charge is 0.274 e. The number of hydrogen-bond donors (Lipinski definition) is 2. The van der Waals surface area contributed by atoms with Crippen LogP contribution in [0.3, 0.4) is 0 Å². The van der Waals surface area contributed by atoms with Gasteiger partial charge in [-0.25, -0.2) is 4.98 Å². The van der Waals surface area contributed by atoms with Gasteiger partial charge in [-0.2, -0.15) is 0 Å². The van der Waals surface area contributed by atoms with Gasteiger partial charge in [0.1, 0.15) is 5.69 Å². The summed E-state index contributed by atoms with van der Waals surface area (Å²) < 4.78 is 0. The molecule has 5 heteroatoms. The Kier molecular flexibility index (Phi) is 5.54. The third-order valence-corrected chi connectivity index (χ3v) is 4.67.